The fourth-order valence-electron chi connectivity index (χ4n) is 2.96. The highest BCUT2D eigenvalue weighted by Gasteiger charge is 2.38. The van der Waals surface area contributed by atoms with Crippen LogP contribution in [-0.4, -0.2) is 44.8 Å². The molecule has 144 valence electrons. The summed E-state index contributed by atoms with van der Waals surface area (Å²) in [5.41, 5.74) is 1.36. The van der Waals surface area contributed by atoms with Crippen molar-refractivity contribution < 1.29 is 18.8 Å². The standard InChI is InChI=1S/C19H18N4O4S/c1-3-26-19(25)16-15(18(27-22-16)11-4-5-11)17(24)13-7-6-12(10-14(13)28-2)23-20-8-9-21-23/h6-11H,3-5H2,1-2H3. The average Bonchev–Trinajstić information content (AvgIpc) is 3.22. The van der Waals surface area contributed by atoms with Crippen LogP contribution in [-0.2, 0) is 4.74 Å². The lowest BCUT2D eigenvalue weighted by molar-refractivity contribution is 0.0512. The highest BCUT2D eigenvalue weighted by Crippen LogP contribution is 2.43. The minimum atomic E-state index is -0.649. The fourth-order valence-corrected chi connectivity index (χ4v) is 3.58. The predicted octanol–water partition coefficient (Wildman–Crippen LogP) is 3.26. The lowest BCUT2D eigenvalue weighted by atomic mass is 9.99. The minimum absolute atomic E-state index is 0.0568. The second-order valence-electron chi connectivity index (χ2n) is 6.30. The van der Waals surface area contributed by atoms with Crippen LogP contribution >= 0.6 is 11.8 Å². The molecule has 0 aliphatic heterocycles. The Morgan fingerprint density at radius 1 is 1.29 bits per heavy atom. The van der Waals surface area contributed by atoms with Crippen LogP contribution in [0.4, 0.5) is 0 Å². The summed E-state index contributed by atoms with van der Waals surface area (Å²) < 4.78 is 10.4. The molecule has 0 unspecified atom stereocenters. The summed E-state index contributed by atoms with van der Waals surface area (Å²) in [6.45, 7) is 1.90. The molecule has 8 nitrogen and oxygen atoms in total. The van der Waals surface area contributed by atoms with E-state index in [1.165, 1.54) is 16.6 Å². The van der Waals surface area contributed by atoms with Crippen LogP contribution in [0.3, 0.4) is 0 Å². The molecular formula is C19H18N4O4S. The molecular weight excluding hydrogens is 380 g/mol. The summed E-state index contributed by atoms with van der Waals surface area (Å²) in [4.78, 5) is 27.9. The largest absolute Gasteiger partial charge is 0.461 e. The number of ether oxygens (including phenoxy) is 1. The van der Waals surface area contributed by atoms with Crippen molar-refractivity contribution >= 4 is 23.5 Å². The number of esters is 1. The number of hydrogen-bond acceptors (Lipinski definition) is 8. The van der Waals surface area contributed by atoms with Gasteiger partial charge < -0.3 is 9.26 Å². The van der Waals surface area contributed by atoms with Crippen molar-refractivity contribution in [1.82, 2.24) is 20.2 Å². The van der Waals surface area contributed by atoms with Crippen LogP contribution in [0.1, 0.15) is 57.9 Å². The quantitative estimate of drug-likeness (QED) is 0.340. The van der Waals surface area contributed by atoms with Crippen LogP contribution < -0.4 is 0 Å². The third-order valence-electron chi connectivity index (χ3n) is 4.44. The Morgan fingerprint density at radius 3 is 2.68 bits per heavy atom. The van der Waals surface area contributed by atoms with Crippen molar-refractivity contribution in [1.29, 1.82) is 0 Å². The summed E-state index contributed by atoms with van der Waals surface area (Å²) in [6, 6.07) is 5.32. The molecule has 9 heteroatoms. The van der Waals surface area contributed by atoms with Gasteiger partial charge >= 0.3 is 5.97 Å². The second-order valence-corrected chi connectivity index (χ2v) is 7.15. The number of thioether (sulfide) groups is 1. The van der Waals surface area contributed by atoms with E-state index in [9.17, 15) is 9.59 Å². The van der Waals surface area contributed by atoms with Gasteiger partial charge in [-0.25, -0.2) is 4.79 Å². The maximum atomic E-state index is 13.4. The maximum Gasteiger partial charge on any atom is 0.361 e. The van der Waals surface area contributed by atoms with E-state index in [0.717, 1.165) is 23.4 Å². The molecule has 28 heavy (non-hydrogen) atoms. The van der Waals surface area contributed by atoms with Gasteiger partial charge in [-0.2, -0.15) is 15.0 Å². The van der Waals surface area contributed by atoms with Crippen LogP contribution in [0.15, 0.2) is 40.0 Å². The van der Waals surface area contributed by atoms with E-state index >= 15 is 0 Å². The monoisotopic (exact) mass is 398 g/mol. The molecule has 0 spiro atoms. The topological polar surface area (TPSA) is 100 Å². The van der Waals surface area contributed by atoms with E-state index in [4.69, 9.17) is 9.26 Å². The van der Waals surface area contributed by atoms with Crippen molar-refractivity contribution in [3.63, 3.8) is 0 Å². The number of hydrogen-bond donors (Lipinski definition) is 0. The zero-order chi connectivity index (χ0) is 19.7. The second kappa shape index (κ2) is 7.59. The predicted molar refractivity (Wildman–Crippen MR) is 101 cm³/mol. The molecule has 0 atom stereocenters. The normalized spacial score (nSPS) is 13.5. The number of benzene rings is 1. The highest BCUT2D eigenvalue weighted by molar-refractivity contribution is 7.98. The Kier molecular flexibility index (Phi) is 4.99. The zero-order valence-electron chi connectivity index (χ0n) is 15.4. The molecule has 0 amide bonds. The van der Waals surface area contributed by atoms with Crippen molar-refractivity contribution in [3.05, 3.63) is 53.2 Å². The first-order chi connectivity index (χ1) is 13.6. The lowest BCUT2D eigenvalue weighted by Gasteiger charge is -2.09. The summed E-state index contributed by atoms with van der Waals surface area (Å²) in [5.74, 6) is -0.349. The van der Waals surface area contributed by atoms with E-state index in [2.05, 4.69) is 15.4 Å². The maximum absolute atomic E-state index is 13.4. The lowest BCUT2D eigenvalue weighted by Crippen LogP contribution is -2.14. The van der Waals surface area contributed by atoms with Crippen LogP contribution in [0.25, 0.3) is 5.69 Å². The Bertz CT molecular complexity index is 1020. The fraction of sp³-hybridized carbons (Fsp3) is 0.316. The number of carbonyl (C=O) groups is 2. The Hall–Kier alpha value is -2.94. The summed E-state index contributed by atoms with van der Waals surface area (Å²) >= 11 is 1.43. The van der Waals surface area contributed by atoms with Crippen molar-refractivity contribution in [2.24, 2.45) is 0 Å². The first-order valence-corrected chi connectivity index (χ1v) is 10.1. The smallest absolute Gasteiger partial charge is 0.361 e. The van der Waals surface area contributed by atoms with Crippen molar-refractivity contribution in [3.8, 4) is 5.69 Å². The molecule has 0 N–H and O–H groups in total. The van der Waals surface area contributed by atoms with Gasteiger partial charge in [-0.05, 0) is 44.2 Å². The molecule has 4 rings (SSSR count). The van der Waals surface area contributed by atoms with Crippen LogP contribution in [0.2, 0.25) is 0 Å². The average molecular weight is 398 g/mol. The third kappa shape index (κ3) is 3.33. The number of aromatic nitrogens is 4. The van der Waals surface area contributed by atoms with Gasteiger partial charge in [0.25, 0.3) is 0 Å². The Labute approximate surface area is 165 Å². The molecule has 1 fully saturated rings. The molecule has 0 radical (unpaired) electrons. The first-order valence-electron chi connectivity index (χ1n) is 8.90. The first kappa shape index (κ1) is 18.4. The Morgan fingerprint density at radius 2 is 2.04 bits per heavy atom. The molecule has 0 saturated heterocycles. The SMILES string of the molecule is CCOC(=O)c1noc(C2CC2)c1C(=O)c1ccc(-n2nccn2)cc1SC. The highest BCUT2D eigenvalue weighted by atomic mass is 32.2. The number of ketones is 1. The third-order valence-corrected chi connectivity index (χ3v) is 5.22. The Balaban J connectivity index is 1.77. The van der Waals surface area contributed by atoms with Crippen molar-refractivity contribution in [2.75, 3.05) is 12.9 Å². The zero-order valence-corrected chi connectivity index (χ0v) is 16.2. The molecule has 3 aromatic rings. The van der Waals surface area contributed by atoms with E-state index in [1.807, 2.05) is 12.3 Å². The van der Waals surface area contributed by atoms with Crippen LogP contribution in [0, 0.1) is 0 Å². The van der Waals surface area contributed by atoms with E-state index in [0.29, 0.717) is 11.3 Å². The molecule has 2 heterocycles. The summed E-state index contributed by atoms with van der Waals surface area (Å²) in [6.07, 6.45) is 6.88. The molecule has 0 bridgehead atoms. The van der Waals surface area contributed by atoms with Gasteiger partial charge in [-0.3, -0.25) is 4.79 Å². The van der Waals surface area contributed by atoms with Gasteiger partial charge in [0.15, 0.2) is 11.5 Å². The number of rotatable bonds is 7. The molecule has 1 aliphatic rings. The van der Waals surface area contributed by atoms with Gasteiger partial charge in [-0.1, -0.05) is 5.16 Å². The summed E-state index contributed by atoms with van der Waals surface area (Å²) in [5, 5.41) is 12.1. The van der Waals surface area contributed by atoms with Gasteiger partial charge in [0, 0.05) is 16.4 Å². The van der Waals surface area contributed by atoms with Gasteiger partial charge in [-0.15, -0.1) is 11.8 Å². The van der Waals surface area contributed by atoms with E-state index in [-0.39, 0.29) is 29.6 Å². The number of nitrogens with zero attached hydrogens (tertiary/aromatic N) is 4. The van der Waals surface area contributed by atoms with Crippen LogP contribution in [0.5, 0.6) is 0 Å². The van der Waals surface area contributed by atoms with Gasteiger partial charge in [0.1, 0.15) is 5.56 Å². The molecule has 1 aliphatic carbocycles. The van der Waals surface area contributed by atoms with E-state index in [1.54, 1.807) is 31.5 Å². The van der Waals surface area contributed by atoms with Gasteiger partial charge in [0.05, 0.1) is 24.7 Å². The molecule has 1 aromatic carbocycles. The molecule has 1 saturated carbocycles. The number of carbonyl (C=O) groups excluding carboxylic acids is 2. The van der Waals surface area contributed by atoms with Gasteiger partial charge in [0.2, 0.25) is 5.69 Å². The summed E-state index contributed by atoms with van der Waals surface area (Å²) in [7, 11) is 0. The van der Waals surface area contributed by atoms with E-state index < -0.39 is 5.97 Å². The molecule has 2 aromatic heterocycles. The van der Waals surface area contributed by atoms with Crippen molar-refractivity contribution in [2.45, 2.75) is 30.6 Å². The minimum Gasteiger partial charge on any atom is -0.461 e.